The number of aryl methyl sites for hydroxylation is 4. The van der Waals surface area contributed by atoms with Crippen molar-refractivity contribution < 1.29 is 43.3 Å². The van der Waals surface area contributed by atoms with Gasteiger partial charge in [0.1, 0.15) is 17.5 Å². The molecule has 506 valence electrons. The minimum absolute atomic E-state index is 0.0337. The minimum atomic E-state index is -0.551. The number of nitrogens with one attached hydrogen (secondary N) is 4. The van der Waals surface area contributed by atoms with Crippen molar-refractivity contribution in [1.82, 2.24) is 38.5 Å². The van der Waals surface area contributed by atoms with E-state index < -0.39 is 23.8 Å². The van der Waals surface area contributed by atoms with Crippen molar-refractivity contribution in [3.8, 4) is 0 Å². The maximum atomic E-state index is 13.5. The highest BCUT2D eigenvalue weighted by atomic mass is 16.5. The summed E-state index contributed by atoms with van der Waals surface area (Å²) in [5, 5.41) is 22.6. The molecule has 1 unspecified atom stereocenters. The van der Waals surface area contributed by atoms with Gasteiger partial charge in [0.25, 0.3) is 23.6 Å². The summed E-state index contributed by atoms with van der Waals surface area (Å²) in [4.78, 5) is 89.0. The van der Waals surface area contributed by atoms with Gasteiger partial charge in [-0.2, -0.15) is 0 Å². The maximum Gasteiger partial charge on any atom is 0.306 e. The van der Waals surface area contributed by atoms with E-state index in [1.54, 1.807) is 66.5 Å². The lowest BCUT2D eigenvalue weighted by atomic mass is 10.0. The summed E-state index contributed by atoms with van der Waals surface area (Å²) in [5.41, 5.74) is 1.38. The van der Waals surface area contributed by atoms with Gasteiger partial charge in [0.05, 0.1) is 24.1 Å². The number of esters is 2. The summed E-state index contributed by atoms with van der Waals surface area (Å²) in [6.45, 7) is 9.91. The molecule has 5 N–H and O–H groups in total. The number of carbonyl (C=O) groups excluding carboxylic acids is 6. The molecule has 0 bridgehead atoms. The molecule has 4 heterocycles. The first kappa shape index (κ1) is 76.2. The van der Waals surface area contributed by atoms with Crippen LogP contribution in [0.1, 0.15) is 294 Å². The van der Waals surface area contributed by atoms with Gasteiger partial charge in [0, 0.05) is 85.1 Å². The number of hydrogen-bond donors (Lipinski definition) is 5. The monoisotopic (exact) mass is 1260 g/mol. The van der Waals surface area contributed by atoms with Gasteiger partial charge in [-0.25, -0.2) is 9.97 Å². The Morgan fingerprint density at radius 2 is 0.978 bits per heavy atom. The smallest absolute Gasteiger partial charge is 0.306 e. The number of imidazole rings is 2. The number of unbranched alkanes of at least 4 members (excludes halogenated alkanes) is 25. The molecule has 0 saturated heterocycles. The molecule has 0 aliphatic carbocycles. The Balaban J connectivity index is 1.18. The van der Waals surface area contributed by atoms with Crippen molar-refractivity contribution in [2.24, 2.45) is 28.2 Å². The number of hydrogen-bond acceptors (Lipinski definition) is 12. The normalized spacial score (nSPS) is 11.8. The fourth-order valence-corrected chi connectivity index (χ4v) is 11.5. The topological polar surface area (TPSA) is 238 Å². The number of nitrogens with zero attached hydrogens (tertiary/aromatic N) is 7. The van der Waals surface area contributed by atoms with E-state index in [0.717, 1.165) is 109 Å². The van der Waals surface area contributed by atoms with Crippen LogP contribution in [-0.2, 0) is 47.3 Å². The molecule has 20 nitrogen and oxygen atoms in total. The van der Waals surface area contributed by atoms with Gasteiger partial charge < -0.3 is 59.0 Å². The maximum absolute atomic E-state index is 13.5. The third-order valence-corrected chi connectivity index (χ3v) is 16.8. The first-order valence-electron chi connectivity index (χ1n) is 34.9. The predicted molar refractivity (Wildman–Crippen MR) is 360 cm³/mol. The van der Waals surface area contributed by atoms with E-state index in [1.165, 1.54) is 132 Å². The fraction of sp³-hybridized carbons (Fsp3) is 0.714. The highest BCUT2D eigenvalue weighted by Crippen LogP contribution is 2.22. The first-order chi connectivity index (χ1) is 43.6. The lowest BCUT2D eigenvalue weighted by molar-refractivity contribution is -0.150. The molecule has 0 radical (unpaired) electrons. The average Bonchev–Trinajstić information content (AvgIpc) is 3.65. The van der Waals surface area contributed by atoms with E-state index in [0.29, 0.717) is 62.4 Å². The van der Waals surface area contributed by atoms with Crippen molar-refractivity contribution in [2.45, 2.75) is 264 Å². The molecular formula is C70H117N11O9. The Hall–Kier alpha value is -6.28. The first-order valence-corrected chi connectivity index (χ1v) is 34.9. The quantitative estimate of drug-likeness (QED) is 0.0205. The third-order valence-electron chi connectivity index (χ3n) is 16.8. The van der Waals surface area contributed by atoms with Crippen LogP contribution < -0.4 is 21.3 Å². The zero-order valence-corrected chi connectivity index (χ0v) is 56.5. The van der Waals surface area contributed by atoms with Gasteiger partial charge in [0.2, 0.25) is 5.82 Å². The number of aliphatic hydroxyl groups is 1. The second-order valence-electron chi connectivity index (χ2n) is 25.0. The molecule has 20 heteroatoms. The van der Waals surface area contributed by atoms with Gasteiger partial charge in [-0.1, -0.05) is 162 Å². The molecular weight excluding hydrogens is 1140 g/mol. The number of carbonyl (C=O) groups is 6. The molecule has 0 aliphatic rings. The molecule has 0 fully saturated rings. The molecule has 4 rings (SSSR count). The van der Waals surface area contributed by atoms with Crippen LogP contribution in [0.2, 0.25) is 0 Å². The van der Waals surface area contributed by atoms with Crippen LogP contribution in [0.15, 0.2) is 43.1 Å². The lowest BCUT2D eigenvalue weighted by Crippen LogP contribution is -2.34. The Kier molecular flexibility index (Phi) is 38.8. The Morgan fingerprint density at radius 1 is 0.500 bits per heavy atom. The SMILES string of the molecule is CCCCCCCCCCCOC(=O)CCCCCN(CCCCCCCC(=O)OC(CCCCCCCC)CCCCCCCC)CC(O)CCCCNC(=O)c1cc(NC(=O)c2cc(NC(=O)c3nc(NC(=O)c4nccn4C)cn3C)cn2C)cn1C. The number of ether oxygens (including phenoxy) is 2. The highest BCUT2D eigenvalue weighted by Gasteiger charge is 2.22. The highest BCUT2D eigenvalue weighted by molar-refractivity contribution is 6.07. The van der Waals surface area contributed by atoms with E-state index in [1.807, 2.05) is 0 Å². The van der Waals surface area contributed by atoms with Crippen LogP contribution in [-0.4, -0.2) is 119 Å². The molecule has 0 saturated carbocycles. The summed E-state index contributed by atoms with van der Waals surface area (Å²) in [7, 11) is 6.73. The zero-order chi connectivity index (χ0) is 65.1. The van der Waals surface area contributed by atoms with Crippen LogP contribution >= 0.6 is 0 Å². The Labute approximate surface area is 539 Å². The van der Waals surface area contributed by atoms with Gasteiger partial charge in [-0.15, -0.1) is 0 Å². The average molecular weight is 1260 g/mol. The van der Waals surface area contributed by atoms with Crippen molar-refractivity contribution in [2.75, 3.05) is 48.7 Å². The fourth-order valence-electron chi connectivity index (χ4n) is 11.5. The van der Waals surface area contributed by atoms with Gasteiger partial charge in [-0.05, 0) is 102 Å². The summed E-state index contributed by atoms with van der Waals surface area (Å²) in [6, 6.07) is 3.14. The molecule has 1 atom stereocenters. The summed E-state index contributed by atoms with van der Waals surface area (Å²) >= 11 is 0. The lowest BCUT2D eigenvalue weighted by Gasteiger charge is -2.25. The van der Waals surface area contributed by atoms with Crippen molar-refractivity contribution in [3.63, 3.8) is 0 Å². The van der Waals surface area contributed by atoms with Gasteiger partial charge >= 0.3 is 11.9 Å². The van der Waals surface area contributed by atoms with Crippen LogP contribution in [0, 0.1) is 0 Å². The number of aromatic nitrogens is 6. The van der Waals surface area contributed by atoms with Crippen LogP contribution in [0.5, 0.6) is 0 Å². The van der Waals surface area contributed by atoms with E-state index in [9.17, 15) is 33.9 Å². The molecule has 0 spiro atoms. The van der Waals surface area contributed by atoms with E-state index in [-0.39, 0.29) is 47.1 Å². The standard InChI is InChI=1S/C70H117N11O9/c1-8-11-14-17-20-21-22-28-38-49-89-63(83)42-33-29-37-47-81(46-36-27-23-26-32-43-64(84)90-59(40-30-24-18-15-12-9-2)41-31-25-19-16-13-10-3)54-58(82)39-34-35-44-72-67(85)60-50-56(52-78(60)5)73-68(86)61-51-57(53-79(61)6)74-70(88)66-75-62(55-80(66)7)76-69(87)65-71-45-48-77(65)4/h45,48,50-53,55,58-59,82H,8-44,46-47,49,54H2,1-7H3,(H,72,85)(H,73,86)(H,74,88)(H,76,87). The summed E-state index contributed by atoms with van der Waals surface area (Å²) in [6.07, 6.45) is 45.8. The van der Waals surface area contributed by atoms with E-state index in [4.69, 9.17) is 9.47 Å². The van der Waals surface area contributed by atoms with Crippen molar-refractivity contribution in [3.05, 3.63) is 66.2 Å². The van der Waals surface area contributed by atoms with E-state index in [2.05, 4.69) is 56.9 Å². The summed E-state index contributed by atoms with van der Waals surface area (Å²) < 4.78 is 17.9. The Bertz CT molecular complexity index is 2640. The minimum Gasteiger partial charge on any atom is -0.466 e. The van der Waals surface area contributed by atoms with Gasteiger partial charge in [-0.3, -0.25) is 28.8 Å². The number of amides is 4. The summed E-state index contributed by atoms with van der Waals surface area (Å²) in [5.74, 6) is -1.53. The second kappa shape index (κ2) is 45.9. The predicted octanol–water partition coefficient (Wildman–Crippen LogP) is 14.5. The molecule has 0 aromatic carbocycles. The van der Waals surface area contributed by atoms with E-state index >= 15 is 0 Å². The van der Waals surface area contributed by atoms with Crippen LogP contribution in [0.25, 0.3) is 0 Å². The molecule has 4 amide bonds. The molecule has 4 aromatic heterocycles. The number of aliphatic hydroxyl groups excluding tert-OH is 1. The Morgan fingerprint density at radius 3 is 1.54 bits per heavy atom. The molecule has 90 heavy (non-hydrogen) atoms. The van der Waals surface area contributed by atoms with Gasteiger partial charge in [0.15, 0.2) is 11.6 Å². The molecule has 4 aromatic rings. The van der Waals surface area contributed by atoms with Crippen LogP contribution in [0.4, 0.5) is 17.2 Å². The van der Waals surface area contributed by atoms with Crippen LogP contribution in [0.3, 0.4) is 0 Å². The molecule has 0 aliphatic heterocycles. The zero-order valence-electron chi connectivity index (χ0n) is 56.5. The number of rotatable bonds is 53. The number of anilines is 3. The second-order valence-corrected chi connectivity index (χ2v) is 25.0. The third kappa shape index (κ3) is 31.6. The van der Waals surface area contributed by atoms with Crippen molar-refractivity contribution >= 4 is 52.8 Å². The van der Waals surface area contributed by atoms with Crippen molar-refractivity contribution in [1.29, 1.82) is 0 Å². The largest absolute Gasteiger partial charge is 0.466 e.